The SMILES string of the molecule is CC1(C2CCN(S(=O)(=O)c3cccc(OC(F)(F)F)c3)CC2)NC(=O)NC1=O. The number of carbonyl (C=O) groups is 2. The minimum atomic E-state index is -4.93. The number of imide groups is 1. The molecule has 154 valence electrons. The normalized spacial score (nSPS) is 24.7. The van der Waals surface area contributed by atoms with E-state index < -0.39 is 39.6 Å². The third-order valence-electron chi connectivity index (χ3n) is 5.02. The number of alkyl halides is 3. The summed E-state index contributed by atoms with van der Waals surface area (Å²) in [6.07, 6.45) is -4.31. The Kier molecular flexibility index (Phi) is 5.04. The highest BCUT2D eigenvalue weighted by Crippen LogP contribution is 2.33. The van der Waals surface area contributed by atoms with Crippen molar-refractivity contribution < 1.29 is 35.9 Å². The maximum absolute atomic E-state index is 12.8. The van der Waals surface area contributed by atoms with Crippen LogP contribution < -0.4 is 15.4 Å². The number of urea groups is 1. The third-order valence-corrected chi connectivity index (χ3v) is 6.91. The van der Waals surface area contributed by atoms with Crippen molar-refractivity contribution in [1.82, 2.24) is 14.9 Å². The molecule has 2 heterocycles. The van der Waals surface area contributed by atoms with Crippen LogP contribution in [0.2, 0.25) is 0 Å². The number of amides is 3. The second-order valence-corrected chi connectivity index (χ2v) is 8.75. The van der Waals surface area contributed by atoms with Crippen LogP contribution in [0.3, 0.4) is 0 Å². The van der Waals surface area contributed by atoms with E-state index in [1.54, 1.807) is 6.92 Å². The molecule has 0 aliphatic carbocycles. The van der Waals surface area contributed by atoms with E-state index in [-0.39, 0.29) is 23.9 Å². The van der Waals surface area contributed by atoms with Crippen LogP contribution in [0.1, 0.15) is 19.8 Å². The van der Waals surface area contributed by atoms with Crippen LogP contribution in [0.5, 0.6) is 5.75 Å². The summed E-state index contributed by atoms with van der Waals surface area (Å²) in [5, 5.41) is 4.74. The Morgan fingerprint density at radius 2 is 1.86 bits per heavy atom. The molecule has 1 aromatic carbocycles. The first-order chi connectivity index (χ1) is 12.9. The van der Waals surface area contributed by atoms with Gasteiger partial charge in [-0.3, -0.25) is 10.1 Å². The highest BCUT2D eigenvalue weighted by Gasteiger charge is 2.49. The van der Waals surface area contributed by atoms with E-state index in [1.165, 1.54) is 12.1 Å². The second-order valence-electron chi connectivity index (χ2n) is 6.81. The van der Waals surface area contributed by atoms with Gasteiger partial charge in [-0.2, -0.15) is 4.31 Å². The molecule has 12 heteroatoms. The van der Waals surface area contributed by atoms with Gasteiger partial charge in [-0.15, -0.1) is 13.2 Å². The Balaban J connectivity index is 1.72. The van der Waals surface area contributed by atoms with Crippen LogP contribution in [0.15, 0.2) is 29.2 Å². The lowest BCUT2D eigenvalue weighted by Crippen LogP contribution is -2.54. The van der Waals surface area contributed by atoms with Gasteiger partial charge >= 0.3 is 12.4 Å². The van der Waals surface area contributed by atoms with Gasteiger partial charge in [0.15, 0.2) is 0 Å². The van der Waals surface area contributed by atoms with Gasteiger partial charge in [-0.25, -0.2) is 13.2 Å². The van der Waals surface area contributed by atoms with Gasteiger partial charge < -0.3 is 10.1 Å². The Bertz CT molecular complexity index is 897. The van der Waals surface area contributed by atoms with Crippen LogP contribution in [0.4, 0.5) is 18.0 Å². The number of rotatable bonds is 4. The molecule has 0 spiro atoms. The number of carbonyl (C=O) groups excluding carboxylic acids is 2. The highest BCUT2D eigenvalue weighted by atomic mass is 32.2. The Morgan fingerprint density at radius 1 is 1.21 bits per heavy atom. The minimum absolute atomic E-state index is 0.0656. The molecule has 2 aliphatic heterocycles. The summed E-state index contributed by atoms with van der Waals surface area (Å²) in [7, 11) is -4.03. The first kappa shape index (κ1) is 20.4. The van der Waals surface area contributed by atoms with Crippen LogP contribution >= 0.6 is 0 Å². The summed E-state index contributed by atoms with van der Waals surface area (Å²) >= 11 is 0. The van der Waals surface area contributed by atoms with Crippen molar-refractivity contribution in [3.05, 3.63) is 24.3 Å². The Labute approximate surface area is 159 Å². The molecular weight excluding hydrogens is 403 g/mol. The molecule has 0 aromatic heterocycles. The smallest absolute Gasteiger partial charge is 0.406 e. The topological polar surface area (TPSA) is 105 Å². The average molecular weight is 421 g/mol. The number of sulfonamides is 1. The first-order valence-electron chi connectivity index (χ1n) is 8.41. The summed E-state index contributed by atoms with van der Waals surface area (Å²) in [4.78, 5) is 23.1. The maximum atomic E-state index is 12.8. The fraction of sp³-hybridized carbons (Fsp3) is 0.500. The lowest BCUT2D eigenvalue weighted by molar-refractivity contribution is -0.274. The molecule has 3 amide bonds. The average Bonchev–Trinajstić information content (AvgIpc) is 2.87. The number of hydrogen-bond donors (Lipinski definition) is 2. The number of ether oxygens (including phenoxy) is 1. The molecule has 0 bridgehead atoms. The molecule has 1 unspecified atom stereocenters. The van der Waals surface area contributed by atoms with E-state index in [0.29, 0.717) is 12.8 Å². The fourth-order valence-electron chi connectivity index (χ4n) is 3.50. The number of piperidine rings is 1. The summed E-state index contributed by atoms with van der Waals surface area (Å²) in [6, 6.07) is 3.60. The number of nitrogens with one attached hydrogen (secondary N) is 2. The molecule has 2 aliphatic rings. The molecule has 3 rings (SSSR count). The molecule has 8 nitrogen and oxygen atoms in total. The van der Waals surface area contributed by atoms with Gasteiger partial charge in [-0.1, -0.05) is 6.07 Å². The summed E-state index contributed by atoms with van der Waals surface area (Å²) in [5.41, 5.74) is -1.12. The molecule has 28 heavy (non-hydrogen) atoms. The van der Waals surface area contributed by atoms with E-state index in [1.807, 2.05) is 0 Å². The second kappa shape index (κ2) is 6.92. The number of benzene rings is 1. The van der Waals surface area contributed by atoms with Crippen LogP contribution in [0, 0.1) is 5.92 Å². The molecular formula is C16H18F3N3O5S. The van der Waals surface area contributed by atoms with E-state index in [4.69, 9.17) is 0 Å². The molecule has 1 atom stereocenters. The quantitative estimate of drug-likeness (QED) is 0.719. The largest absolute Gasteiger partial charge is 0.573 e. The van der Waals surface area contributed by atoms with Gasteiger partial charge in [0.25, 0.3) is 5.91 Å². The van der Waals surface area contributed by atoms with Gasteiger partial charge in [0.1, 0.15) is 11.3 Å². The molecule has 0 radical (unpaired) electrons. The monoisotopic (exact) mass is 421 g/mol. The van der Waals surface area contributed by atoms with E-state index in [2.05, 4.69) is 15.4 Å². The molecule has 0 saturated carbocycles. The highest BCUT2D eigenvalue weighted by molar-refractivity contribution is 7.89. The van der Waals surface area contributed by atoms with E-state index >= 15 is 0 Å². The van der Waals surface area contributed by atoms with Crippen LogP contribution in [-0.4, -0.2) is 49.7 Å². The summed E-state index contributed by atoms with van der Waals surface area (Å²) in [5.74, 6) is -1.36. The van der Waals surface area contributed by atoms with Crippen LogP contribution in [0.25, 0.3) is 0 Å². The lowest BCUT2D eigenvalue weighted by atomic mass is 9.79. The number of halogens is 3. The standard InChI is InChI=1S/C16H18F3N3O5S/c1-15(13(23)20-14(24)21-15)10-5-7-22(8-6-10)28(25,26)12-4-2-3-11(9-12)27-16(17,18)19/h2-4,9-10H,5-8H2,1H3,(H2,20,21,23,24). The Morgan fingerprint density at radius 3 is 2.39 bits per heavy atom. The van der Waals surface area contributed by atoms with Gasteiger partial charge in [0.2, 0.25) is 10.0 Å². The minimum Gasteiger partial charge on any atom is -0.406 e. The Hall–Kier alpha value is -2.34. The zero-order valence-electron chi connectivity index (χ0n) is 14.7. The zero-order valence-corrected chi connectivity index (χ0v) is 15.6. The summed E-state index contributed by atoms with van der Waals surface area (Å²) in [6.45, 7) is 1.71. The van der Waals surface area contributed by atoms with E-state index in [0.717, 1.165) is 16.4 Å². The van der Waals surface area contributed by atoms with Crippen molar-refractivity contribution in [1.29, 1.82) is 0 Å². The predicted octanol–water partition coefficient (Wildman–Crippen LogP) is 1.58. The molecule has 2 saturated heterocycles. The predicted molar refractivity (Wildman–Crippen MR) is 89.7 cm³/mol. The number of hydrogen-bond acceptors (Lipinski definition) is 5. The van der Waals surface area contributed by atoms with Crippen molar-refractivity contribution in [3.8, 4) is 5.75 Å². The molecule has 1 aromatic rings. The van der Waals surface area contributed by atoms with E-state index in [9.17, 15) is 31.2 Å². The maximum Gasteiger partial charge on any atom is 0.573 e. The van der Waals surface area contributed by atoms with Gasteiger partial charge in [0.05, 0.1) is 4.90 Å². The van der Waals surface area contributed by atoms with Crippen molar-refractivity contribution in [3.63, 3.8) is 0 Å². The van der Waals surface area contributed by atoms with Crippen molar-refractivity contribution in [2.75, 3.05) is 13.1 Å². The lowest BCUT2D eigenvalue weighted by Gasteiger charge is -2.38. The van der Waals surface area contributed by atoms with Crippen molar-refractivity contribution in [2.45, 2.75) is 36.6 Å². The van der Waals surface area contributed by atoms with Crippen molar-refractivity contribution >= 4 is 22.0 Å². The van der Waals surface area contributed by atoms with Crippen LogP contribution in [-0.2, 0) is 14.8 Å². The molecule has 2 N–H and O–H groups in total. The van der Waals surface area contributed by atoms with Crippen molar-refractivity contribution in [2.24, 2.45) is 5.92 Å². The first-order valence-corrected chi connectivity index (χ1v) is 9.85. The fourth-order valence-corrected chi connectivity index (χ4v) is 5.00. The van der Waals surface area contributed by atoms with Gasteiger partial charge in [-0.05, 0) is 37.8 Å². The third kappa shape index (κ3) is 3.92. The molecule has 2 fully saturated rings. The number of nitrogens with zero attached hydrogens (tertiary/aromatic N) is 1. The summed E-state index contributed by atoms with van der Waals surface area (Å²) < 4.78 is 67.6. The van der Waals surface area contributed by atoms with Gasteiger partial charge in [0, 0.05) is 19.2 Å². The zero-order chi connectivity index (χ0) is 20.7.